The first-order chi connectivity index (χ1) is 23.0. The molecule has 4 aromatic carbocycles. The number of hydrogen-bond acceptors (Lipinski definition) is 6. The number of benzene rings is 4. The molecule has 48 heavy (non-hydrogen) atoms. The highest BCUT2D eigenvalue weighted by atomic mass is 32.2. The van der Waals surface area contributed by atoms with Gasteiger partial charge in [0.05, 0.1) is 23.1 Å². The number of carbonyl (C=O) groups excluding carboxylic acids is 1. The second-order valence-electron chi connectivity index (χ2n) is 13.5. The van der Waals surface area contributed by atoms with Crippen molar-refractivity contribution in [2.75, 3.05) is 32.1 Å². The van der Waals surface area contributed by atoms with Crippen LogP contribution in [-0.2, 0) is 26.9 Å². The van der Waals surface area contributed by atoms with Crippen LogP contribution < -0.4 is 15.0 Å². The maximum Gasteiger partial charge on any atom is 0.294 e. The maximum absolute atomic E-state index is 12.9. The first-order valence-corrected chi connectivity index (χ1v) is 18.0. The van der Waals surface area contributed by atoms with E-state index in [0.717, 1.165) is 35.7 Å². The number of methoxy groups -OCH3 is 1. The number of ether oxygens (including phenoxy) is 1. The van der Waals surface area contributed by atoms with E-state index < -0.39 is 15.5 Å². The van der Waals surface area contributed by atoms with Gasteiger partial charge in [-0.25, -0.2) is 0 Å². The van der Waals surface area contributed by atoms with Crippen molar-refractivity contribution in [1.29, 1.82) is 0 Å². The van der Waals surface area contributed by atoms with E-state index in [-0.39, 0.29) is 10.8 Å². The Kier molecular flexibility index (Phi) is 9.76. The van der Waals surface area contributed by atoms with Crippen molar-refractivity contribution >= 4 is 21.7 Å². The van der Waals surface area contributed by atoms with Crippen LogP contribution in [0.5, 0.6) is 5.75 Å². The number of fused-ring (bicyclic) bond motifs is 4. The third kappa shape index (κ3) is 6.65. The molecule has 2 N–H and O–H groups in total. The lowest BCUT2D eigenvalue weighted by Crippen LogP contribution is -2.64. The van der Waals surface area contributed by atoms with Crippen LogP contribution >= 0.6 is 0 Å². The van der Waals surface area contributed by atoms with Gasteiger partial charge < -0.3 is 15.0 Å². The number of hydrogen-bond donors (Lipinski definition) is 2. The fourth-order valence-electron chi connectivity index (χ4n) is 7.88. The molecule has 4 aromatic rings. The lowest BCUT2D eigenvalue weighted by molar-refractivity contribution is -0.121. The van der Waals surface area contributed by atoms with Gasteiger partial charge in [0.25, 0.3) is 10.1 Å². The van der Waals surface area contributed by atoms with E-state index >= 15 is 0 Å². The minimum Gasteiger partial charge on any atom is -0.496 e. The van der Waals surface area contributed by atoms with Crippen molar-refractivity contribution in [1.82, 2.24) is 10.2 Å². The van der Waals surface area contributed by atoms with Gasteiger partial charge >= 0.3 is 0 Å². The number of nitrogens with one attached hydrogen (secondary N) is 1. The molecule has 4 aliphatic rings. The van der Waals surface area contributed by atoms with Crippen LogP contribution in [-0.4, -0.2) is 63.1 Å². The molecule has 1 amide bonds. The van der Waals surface area contributed by atoms with Gasteiger partial charge in [0.15, 0.2) is 0 Å². The van der Waals surface area contributed by atoms with Crippen LogP contribution in [0.3, 0.4) is 0 Å². The summed E-state index contributed by atoms with van der Waals surface area (Å²) >= 11 is 0. The predicted octanol–water partition coefficient (Wildman–Crippen LogP) is 6.27. The van der Waals surface area contributed by atoms with Gasteiger partial charge in [-0.2, -0.15) is 8.42 Å². The molecule has 8 rings (SSSR count). The Bertz CT molecular complexity index is 1790. The molecular weight excluding hydrogens is 623 g/mol. The third-order valence-electron chi connectivity index (χ3n) is 10.4. The van der Waals surface area contributed by atoms with Gasteiger partial charge in [-0.1, -0.05) is 78.9 Å². The molecule has 0 aliphatic carbocycles. The Morgan fingerprint density at radius 1 is 0.896 bits per heavy atom. The number of likely N-dealkylation sites (N-methyl/N-ethyl adjacent to an activating group) is 1. The number of rotatable bonds is 8. The molecule has 4 aliphatic heterocycles. The summed E-state index contributed by atoms with van der Waals surface area (Å²) in [5.41, 5.74) is 5.38. The predicted molar refractivity (Wildman–Crippen MR) is 189 cm³/mol. The van der Waals surface area contributed by atoms with Crippen LogP contribution in [0.4, 0.5) is 5.69 Å². The minimum atomic E-state index is -4.00. The summed E-state index contributed by atoms with van der Waals surface area (Å²) in [6.45, 7) is 7.08. The highest BCUT2D eigenvalue weighted by Crippen LogP contribution is 2.45. The molecule has 9 heteroatoms. The Morgan fingerprint density at radius 3 is 1.94 bits per heavy atom. The molecule has 0 aromatic heterocycles. The summed E-state index contributed by atoms with van der Waals surface area (Å²) in [6.07, 6.45) is 2.47. The van der Waals surface area contributed by atoms with E-state index in [1.165, 1.54) is 36.1 Å². The zero-order valence-electron chi connectivity index (χ0n) is 28.0. The number of piperidine rings is 3. The van der Waals surface area contributed by atoms with Crippen molar-refractivity contribution in [2.24, 2.45) is 5.92 Å². The smallest absolute Gasteiger partial charge is 0.294 e. The monoisotopic (exact) mass is 667 g/mol. The summed E-state index contributed by atoms with van der Waals surface area (Å²) in [4.78, 5) is 17.4. The molecule has 8 nitrogen and oxygen atoms in total. The second-order valence-corrected chi connectivity index (χ2v) is 14.9. The van der Waals surface area contributed by atoms with Crippen LogP contribution in [0.2, 0.25) is 0 Å². The average Bonchev–Trinajstić information content (AvgIpc) is 3.27. The van der Waals surface area contributed by atoms with E-state index in [1.54, 1.807) is 30.2 Å². The summed E-state index contributed by atoms with van der Waals surface area (Å²) in [5.74, 6) is 1.91. The first-order valence-electron chi connectivity index (χ1n) is 16.6. The highest BCUT2D eigenvalue weighted by Gasteiger charge is 2.47. The fraction of sp³-hybridized carbons (Fsp3) is 0.359. The Labute approximate surface area is 284 Å². The summed E-state index contributed by atoms with van der Waals surface area (Å²) < 4.78 is 35.1. The van der Waals surface area contributed by atoms with E-state index in [4.69, 9.17) is 9.29 Å². The van der Waals surface area contributed by atoms with E-state index in [0.29, 0.717) is 30.5 Å². The maximum atomic E-state index is 12.9. The van der Waals surface area contributed by atoms with Gasteiger partial charge in [0.2, 0.25) is 5.91 Å². The molecule has 252 valence electrons. The Balaban J connectivity index is 0.000000345. The molecular formula is C39H45N3O5S. The third-order valence-corrected chi connectivity index (χ3v) is 11.2. The van der Waals surface area contributed by atoms with Crippen molar-refractivity contribution < 1.29 is 22.5 Å². The number of nitrogens with zero attached hydrogens (tertiary/aromatic N) is 2. The SMILES string of the molecule is COc1cc2c(cc1CN[C@H]1C3CCN(CC3)[C@H]1C(c1ccccc1)c1ccccc1)C(C)(C)C(=O)N2C.O=S(=O)(O)c1ccccc1. The van der Waals surface area contributed by atoms with Crippen molar-refractivity contribution in [3.05, 3.63) is 125 Å². The first kappa shape index (κ1) is 33.9. The van der Waals surface area contributed by atoms with E-state index in [2.05, 4.69) is 76.9 Å². The lowest BCUT2D eigenvalue weighted by atomic mass is 9.70. The minimum absolute atomic E-state index is 0.0741. The standard InChI is InChI=1S/C33H39N3O2.C6H6O3S/c1-33(2)26-19-25(28(38-4)20-27(26)35(3)32(33)37)21-34-30-24-15-17-36(18-16-24)31(30)29(22-11-7-5-8-12-22)23-13-9-6-10-14-23;7-10(8,9)6-4-2-1-3-5-6/h5-14,19-20,24,29-31,34H,15-18,21H2,1-4H3;1-5H,(H,7,8,9)/t30-,31-;/m0./s1. The van der Waals surface area contributed by atoms with Gasteiger partial charge in [-0.15, -0.1) is 0 Å². The average molecular weight is 668 g/mol. The number of anilines is 1. The van der Waals surface area contributed by atoms with E-state index in [9.17, 15) is 13.2 Å². The zero-order chi connectivity index (χ0) is 34.1. The molecule has 0 saturated carbocycles. The van der Waals surface area contributed by atoms with Crippen LogP contribution in [0, 0.1) is 5.92 Å². The highest BCUT2D eigenvalue weighted by molar-refractivity contribution is 7.85. The fourth-order valence-corrected chi connectivity index (χ4v) is 8.38. The van der Waals surface area contributed by atoms with Gasteiger partial charge in [0.1, 0.15) is 5.75 Å². The van der Waals surface area contributed by atoms with Crippen molar-refractivity contribution in [2.45, 2.75) is 61.5 Å². The second kappa shape index (κ2) is 13.8. The van der Waals surface area contributed by atoms with Crippen molar-refractivity contribution in [3.63, 3.8) is 0 Å². The lowest BCUT2D eigenvalue weighted by Gasteiger charge is -2.54. The number of amides is 1. The Morgan fingerprint density at radius 2 is 1.44 bits per heavy atom. The quantitative estimate of drug-likeness (QED) is 0.214. The summed E-state index contributed by atoms with van der Waals surface area (Å²) in [7, 11) is -0.416. The van der Waals surface area contributed by atoms with Crippen LogP contribution in [0.15, 0.2) is 108 Å². The topological polar surface area (TPSA) is 99.2 Å². The summed E-state index contributed by atoms with van der Waals surface area (Å²) in [5, 5.41) is 4.03. The Hall–Kier alpha value is -4.02. The normalized spacial score (nSPS) is 22.6. The van der Waals surface area contributed by atoms with Gasteiger partial charge in [-0.3, -0.25) is 14.2 Å². The largest absolute Gasteiger partial charge is 0.496 e. The molecule has 0 unspecified atom stereocenters. The van der Waals surface area contributed by atoms with Gasteiger partial charge in [0, 0.05) is 43.2 Å². The molecule has 2 atom stereocenters. The van der Waals surface area contributed by atoms with Gasteiger partial charge in [-0.05, 0) is 80.6 Å². The molecule has 0 radical (unpaired) electrons. The molecule has 2 bridgehead atoms. The number of carbonyl (C=O) groups is 1. The molecule has 3 saturated heterocycles. The van der Waals surface area contributed by atoms with Crippen LogP contribution in [0.1, 0.15) is 54.9 Å². The molecule has 3 fully saturated rings. The summed E-state index contributed by atoms with van der Waals surface area (Å²) in [6, 6.07) is 34.4. The van der Waals surface area contributed by atoms with E-state index in [1.807, 2.05) is 27.0 Å². The molecule has 0 spiro atoms. The van der Waals surface area contributed by atoms with Crippen LogP contribution in [0.25, 0.3) is 0 Å². The van der Waals surface area contributed by atoms with Crippen molar-refractivity contribution in [3.8, 4) is 5.75 Å². The molecule has 4 heterocycles. The zero-order valence-corrected chi connectivity index (χ0v) is 28.9.